The quantitative estimate of drug-likeness (QED) is 0.371. The van der Waals surface area contributed by atoms with E-state index in [-0.39, 0.29) is 12.1 Å². The van der Waals surface area contributed by atoms with Gasteiger partial charge in [-0.2, -0.15) is 0 Å². The molecule has 3 aromatic carbocycles. The highest BCUT2D eigenvalue weighted by molar-refractivity contribution is 5.89. The number of hydrogen-bond acceptors (Lipinski definition) is 3. The molecule has 4 rings (SSSR count). The number of benzene rings is 3. The van der Waals surface area contributed by atoms with Crippen molar-refractivity contribution in [2.24, 2.45) is 0 Å². The van der Waals surface area contributed by atoms with Crippen LogP contribution in [0.1, 0.15) is 24.1 Å². The minimum Gasteiger partial charge on any atom is -0.488 e. The van der Waals surface area contributed by atoms with E-state index in [2.05, 4.69) is 33.8 Å². The zero-order valence-electron chi connectivity index (χ0n) is 17.9. The van der Waals surface area contributed by atoms with Crippen molar-refractivity contribution in [3.63, 3.8) is 0 Å². The van der Waals surface area contributed by atoms with E-state index in [0.29, 0.717) is 12.3 Å². The Labute approximate surface area is 188 Å². The molecule has 0 aliphatic heterocycles. The molecule has 1 aromatic heterocycles. The van der Waals surface area contributed by atoms with Crippen molar-refractivity contribution < 1.29 is 9.53 Å². The monoisotopic (exact) mass is 423 g/mol. The number of anilines is 1. The zero-order valence-corrected chi connectivity index (χ0v) is 17.9. The number of rotatable bonds is 7. The lowest BCUT2D eigenvalue weighted by Gasteiger charge is -2.15. The van der Waals surface area contributed by atoms with Crippen LogP contribution in [-0.4, -0.2) is 11.0 Å². The molecule has 160 valence electrons. The number of para-hydroxylation sites is 1. The van der Waals surface area contributed by atoms with Crippen LogP contribution in [0.2, 0.25) is 0 Å². The molecule has 0 saturated carbocycles. The van der Waals surface area contributed by atoms with Gasteiger partial charge in [-0.05, 0) is 47.9 Å². The van der Waals surface area contributed by atoms with Crippen LogP contribution in [0.4, 0.5) is 10.5 Å². The Morgan fingerprint density at radius 1 is 0.906 bits per heavy atom. The smallest absolute Gasteiger partial charge is 0.319 e. The summed E-state index contributed by atoms with van der Waals surface area (Å²) in [5, 5.41) is 5.78. The van der Waals surface area contributed by atoms with Gasteiger partial charge >= 0.3 is 6.03 Å². The second-order valence-corrected chi connectivity index (χ2v) is 7.45. The molecule has 32 heavy (non-hydrogen) atoms. The van der Waals surface area contributed by atoms with Gasteiger partial charge in [0.25, 0.3) is 0 Å². The zero-order chi connectivity index (χ0) is 22.2. The molecule has 1 unspecified atom stereocenters. The van der Waals surface area contributed by atoms with Crippen LogP contribution in [0, 0.1) is 0 Å². The van der Waals surface area contributed by atoms with Gasteiger partial charge in [0, 0.05) is 23.6 Å². The van der Waals surface area contributed by atoms with Crippen molar-refractivity contribution in [2.45, 2.75) is 19.6 Å². The molecular weight excluding hydrogens is 398 g/mol. The molecule has 0 spiro atoms. The van der Waals surface area contributed by atoms with E-state index in [9.17, 15) is 4.79 Å². The lowest BCUT2D eigenvalue weighted by atomic mass is 10.0. The SMILES string of the molecule is CC(NC(=O)Nc1ccc(COc2ccccc2-c2ccccc2)cc1)c1cccnc1. The number of nitrogens with zero attached hydrogens (tertiary/aromatic N) is 1. The largest absolute Gasteiger partial charge is 0.488 e. The summed E-state index contributed by atoms with van der Waals surface area (Å²) in [5.41, 5.74) is 4.86. The van der Waals surface area contributed by atoms with E-state index in [1.165, 1.54) is 0 Å². The Morgan fingerprint density at radius 3 is 2.41 bits per heavy atom. The maximum absolute atomic E-state index is 12.3. The fraction of sp³-hybridized carbons (Fsp3) is 0.111. The molecule has 0 aliphatic rings. The van der Waals surface area contributed by atoms with Crippen molar-refractivity contribution in [3.05, 3.63) is 115 Å². The van der Waals surface area contributed by atoms with Crippen molar-refractivity contribution in [2.75, 3.05) is 5.32 Å². The van der Waals surface area contributed by atoms with Gasteiger partial charge in [0.05, 0.1) is 6.04 Å². The van der Waals surface area contributed by atoms with Crippen LogP contribution in [0.3, 0.4) is 0 Å². The average molecular weight is 424 g/mol. The number of carbonyl (C=O) groups excluding carboxylic acids is 1. The van der Waals surface area contributed by atoms with E-state index < -0.39 is 0 Å². The minimum absolute atomic E-state index is 0.138. The molecule has 0 bridgehead atoms. The highest BCUT2D eigenvalue weighted by atomic mass is 16.5. The lowest BCUT2D eigenvalue weighted by molar-refractivity contribution is 0.249. The Hall–Kier alpha value is -4.12. The van der Waals surface area contributed by atoms with Crippen LogP contribution in [-0.2, 0) is 6.61 Å². The molecule has 0 saturated heterocycles. The molecule has 0 radical (unpaired) electrons. The van der Waals surface area contributed by atoms with Crippen LogP contribution in [0.15, 0.2) is 103 Å². The Morgan fingerprint density at radius 2 is 1.66 bits per heavy atom. The van der Waals surface area contributed by atoms with Gasteiger partial charge in [0.15, 0.2) is 0 Å². The van der Waals surface area contributed by atoms with Gasteiger partial charge in [-0.15, -0.1) is 0 Å². The van der Waals surface area contributed by atoms with Gasteiger partial charge in [0.2, 0.25) is 0 Å². The lowest BCUT2D eigenvalue weighted by Crippen LogP contribution is -2.31. The van der Waals surface area contributed by atoms with Crippen molar-refractivity contribution >= 4 is 11.7 Å². The first-order valence-electron chi connectivity index (χ1n) is 10.5. The summed E-state index contributed by atoms with van der Waals surface area (Å²) in [6.45, 7) is 2.36. The predicted octanol–water partition coefficient (Wildman–Crippen LogP) is 6.21. The summed E-state index contributed by atoms with van der Waals surface area (Å²) in [4.78, 5) is 16.4. The van der Waals surface area contributed by atoms with Crippen molar-refractivity contribution in [1.82, 2.24) is 10.3 Å². The van der Waals surface area contributed by atoms with Gasteiger partial charge in [-0.3, -0.25) is 4.98 Å². The summed E-state index contributed by atoms with van der Waals surface area (Å²) in [7, 11) is 0. The Balaban J connectivity index is 1.33. The number of ether oxygens (including phenoxy) is 1. The number of nitrogens with one attached hydrogen (secondary N) is 2. The van der Waals surface area contributed by atoms with Crippen molar-refractivity contribution in [1.29, 1.82) is 0 Å². The Kier molecular flexibility index (Phi) is 6.78. The van der Waals surface area contributed by atoms with E-state index >= 15 is 0 Å². The number of urea groups is 1. The number of pyridine rings is 1. The van der Waals surface area contributed by atoms with Gasteiger partial charge in [-0.25, -0.2) is 4.79 Å². The molecule has 1 heterocycles. The summed E-state index contributed by atoms with van der Waals surface area (Å²) in [6.07, 6.45) is 3.46. The maximum Gasteiger partial charge on any atom is 0.319 e. The molecule has 2 amide bonds. The summed E-state index contributed by atoms with van der Waals surface area (Å²) >= 11 is 0. The van der Waals surface area contributed by atoms with E-state index in [0.717, 1.165) is 28.0 Å². The standard InChI is InChI=1S/C27H25N3O2/c1-20(23-10-7-17-28-18-23)29-27(31)30-24-15-13-21(14-16-24)19-32-26-12-6-5-11-25(26)22-8-3-2-4-9-22/h2-18,20H,19H2,1H3,(H2,29,30,31). The van der Waals surface area contributed by atoms with E-state index in [1.807, 2.05) is 79.7 Å². The van der Waals surface area contributed by atoms with Gasteiger partial charge < -0.3 is 15.4 Å². The summed E-state index contributed by atoms with van der Waals surface area (Å²) in [6, 6.07) is 29.2. The first kappa shape index (κ1) is 21.1. The average Bonchev–Trinajstić information content (AvgIpc) is 2.85. The Bertz CT molecular complexity index is 1150. The number of aromatic nitrogens is 1. The third kappa shape index (κ3) is 5.52. The molecule has 2 N–H and O–H groups in total. The molecular formula is C27H25N3O2. The van der Waals surface area contributed by atoms with Crippen LogP contribution >= 0.6 is 0 Å². The number of amides is 2. The fourth-order valence-corrected chi connectivity index (χ4v) is 3.37. The summed E-state index contributed by atoms with van der Waals surface area (Å²) in [5.74, 6) is 0.838. The predicted molar refractivity (Wildman–Crippen MR) is 127 cm³/mol. The molecule has 5 heteroatoms. The summed E-state index contributed by atoms with van der Waals surface area (Å²) < 4.78 is 6.09. The van der Waals surface area contributed by atoms with Crippen molar-refractivity contribution in [3.8, 4) is 16.9 Å². The first-order valence-corrected chi connectivity index (χ1v) is 10.5. The highest BCUT2D eigenvalue weighted by Gasteiger charge is 2.10. The molecule has 0 fully saturated rings. The van der Waals surface area contributed by atoms with Gasteiger partial charge in [0.1, 0.15) is 12.4 Å². The second kappa shape index (κ2) is 10.3. The maximum atomic E-state index is 12.3. The van der Waals surface area contributed by atoms with Crippen LogP contribution < -0.4 is 15.4 Å². The topological polar surface area (TPSA) is 63.2 Å². The second-order valence-electron chi connectivity index (χ2n) is 7.45. The van der Waals surface area contributed by atoms with Gasteiger partial charge in [-0.1, -0.05) is 66.7 Å². The van der Waals surface area contributed by atoms with E-state index in [4.69, 9.17) is 4.74 Å². The number of hydrogen-bond donors (Lipinski definition) is 2. The molecule has 4 aromatic rings. The fourth-order valence-electron chi connectivity index (χ4n) is 3.37. The molecule has 1 atom stereocenters. The highest BCUT2D eigenvalue weighted by Crippen LogP contribution is 2.30. The molecule has 5 nitrogen and oxygen atoms in total. The first-order chi connectivity index (χ1) is 15.7. The third-order valence-electron chi connectivity index (χ3n) is 5.11. The van der Waals surface area contributed by atoms with Crippen LogP contribution in [0.25, 0.3) is 11.1 Å². The van der Waals surface area contributed by atoms with Crippen LogP contribution in [0.5, 0.6) is 5.75 Å². The minimum atomic E-state index is -0.262. The van der Waals surface area contributed by atoms with E-state index in [1.54, 1.807) is 12.4 Å². The molecule has 0 aliphatic carbocycles. The number of carbonyl (C=O) groups is 1. The third-order valence-corrected chi connectivity index (χ3v) is 5.11. The normalized spacial score (nSPS) is 11.4.